The average Bonchev–Trinajstić information content (AvgIpc) is 2.76. The first-order valence-corrected chi connectivity index (χ1v) is 5.50. The SMILES string of the molecule is CCC(=O)C(C)N1CC2CCC1C2. The topological polar surface area (TPSA) is 20.3 Å². The zero-order valence-corrected chi connectivity index (χ0v) is 8.62. The molecule has 13 heavy (non-hydrogen) atoms. The van der Waals surface area contributed by atoms with Crippen LogP contribution in [-0.4, -0.2) is 29.3 Å². The minimum Gasteiger partial charge on any atom is -0.298 e. The molecule has 0 radical (unpaired) electrons. The van der Waals surface area contributed by atoms with E-state index < -0.39 is 0 Å². The number of fused-ring (bicyclic) bond motifs is 2. The van der Waals surface area contributed by atoms with Gasteiger partial charge >= 0.3 is 0 Å². The number of nitrogens with zero attached hydrogens (tertiary/aromatic N) is 1. The molecule has 0 spiro atoms. The van der Waals surface area contributed by atoms with E-state index in [4.69, 9.17) is 0 Å². The van der Waals surface area contributed by atoms with Crippen LogP contribution in [0.15, 0.2) is 0 Å². The largest absolute Gasteiger partial charge is 0.298 e. The summed E-state index contributed by atoms with van der Waals surface area (Å²) in [4.78, 5) is 14.0. The van der Waals surface area contributed by atoms with Gasteiger partial charge in [0.1, 0.15) is 5.78 Å². The van der Waals surface area contributed by atoms with E-state index in [-0.39, 0.29) is 6.04 Å². The number of rotatable bonds is 3. The molecule has 2 heteroatoms. The highest BCUT2D eigenvalue weighted by Gasteiger charge is 2.40. The fourth-order valence-corrected chi connectivity index (χ4v) is 2.92. The zero-order chi connectivity index (χ0) is 9.42. The van der Waals surface area contributed by atoms with Crippen molar-refractivity contribution in [3.8, 4) is 0 Å². The highest BCUT2D eigenvalue weighted by atomic mass is 16.1. The smallest absolute Gasteiger partial charge is 0.149 e. The third-order valence-corrected chi connectivity index (χ3v) is 3.76. The van der Waals surface area contributed by atoms with Gasteiger partial charge in [-0.3, -0.25) is 9.69 Å². The summed E-state index contributed by atoms with van der Waals surface area (Å²) in [5.41, 5.74) is 0. The summed E-state index contributed by atoms with van der Waals surface area (Å²) in [7, 11) is 0. The Morgan fingerprint density at radius 3 is 2.77 bits per heavy atom. The molecule has 3 unspecified atom stereocenters. The summed E-state index contributed by atoms with van der Waals surface area (Å²) < 4.78 is 0. The number of piperidine rings is 1. The first-order chi connectivity index (χ1) is 6.22. The molecule has 1 saturated heterocycles. The van der Waals surface area contributed by atoms with Gasteiger partial charge in [0.05, 0.1) is 6.04 Å². The van der Waals surface area contributed by atoms with Crippen LogP contribution in [0, 0.1) is 5.92 Å². The van der Waals surface area contributed by atoms with E-state index in [0.29, 0.717) is 12.2 Å². The molecule has 0 N–H and O–H groups in total. The lowest BCUT2D eigenvalue weighted by atomic mass is 10.1. The number of Topliss-reactive ketones (excluding diaryl/α,β-unsaturated/α-hetero) is 1. The van der Waals surface area contributed by atoms with Gasteiger partial charge in [0.25, 0.3) is 0 Å². The molecular weight excluding hydrogens is 162 g/mol. The summed E-state index contributed by atoms with van der Waals surface area (Å²) in [5, 5.41) is 0. The van der Waals surface area contributed by atoms with Crippen LogP contribution in [0.25, 0.3) is 0 Å². The van der Waals surface area contributed by atoms with Crippen molar-refractivity contribution in [3.05, 3.63) is 0 Å². The van der Waals surface area contributed by atoms with Crippen LogP contribution in [-0.2, 0) is 4.79 Å². The van der Waals surface area contributed by atoms with Crippen LogP contribution in [0.3, 0.4) is 0 Å². The molecule has 2 bridgehead atoms. The number of carbonyl (C=O) groups excluding carboxylic acids is 1. The van der Waals surface area contributed by atoms with Gasteiger partial charge in [-0.2, -0.15) is 0 Å². The van der Waals surface area contributed by atoms with Gasteiger partial charge in [0.2, 0.25) is 0 Å². The van der Waals surface area contributed by atoms with E-state index in [1.807, 2.05) is 6.92 Å². The summed E-state index contributed by atoms with van der Waals surface area (Å²) >= 11 is 0. The average molecular weight is 181 g/mol. The van der Waals surface area contributed by atoms with Crippen LogP contribution in [0.4, 0.5) is 0 Å². The van der Waals surface area contributed by atoms with E-state index in [9.17, 15) is 4.79 Å². The van der Waals surface area contributed by atoms with Crippen molar-refractivity contribution in [3.63, 3.8) is 0 Å². The lowest BCUT2D eigenvalue weighted by Gasteiger charge is -2.31. The quantitative estimate of drug-likeness (QED) is 0.662. The standard InChI is InChI=1S/C11H19NO/c1-3-11(13)8(2)12-7-9-4-5-10(12)6-9/h8-10H,3-7H2,1-2H3. The molecule has 2 rings (SSSR count). The molecule has 1 heterocycles. The van der Waals surface area contributed by atoms with E-state index in [0.717, 1.165) is 12.0 Å². The molecule has 2 fully saturated rings. The Morgan fingerprint density at radius 2 is 2.31 bits per heavy atom. The van der Waals surface area contributed by atoms with Gasteiger partial charge < -0.3 is 0 Å². The molecule has 0 aromatic carbocycles. The predicted octanol–water partition coefficient (Wildman–Crippen LogP) is 1.84. The van der Waals surface area contributed by atoms with Crippen molar-refractivity contribution in [2.24, 2.45) is 5.92 Å². The molecular formula is C11H19NO. The Hall–Kier alpha value is -0.370. The van der Waals surface area contributed by atoms with Gasteiger partial charge in [-0.05, 0) is 32.1 Å². The van der Waals surface area contributed by atoms with Crippen LogP contribution in [0.1, 0.15) is 39.5 Å². The molecule has 0 amide bonds. The summed E-state index contributed by atoms with van der Waals surface area (Å²) in [6, 6.07) is 0.913. The van der Waals surface area contributed by atoms with Gasteiger partial charge in [0, 0.05) is 19.0 Å². The van der Waals surface area contributed by atoms with Crippen molar-refractivity contribution in [2.75, 3.05) is 6.54 Å². The van der Waals surface area contributed by atoms with E-state index in [2.05, 4.69) is 11.8 Å². The number of ketones is 1. The first-order valence-electron chi connectivity index (χ1n) is 5.50. The monoisotopic (exact) mass is 181 g/mol. The predicted molar refractivity (Wildman–Crippen MR) is 52.6 cm³/mol. The highest BCUT2D eigenvalue weighted by Crippen LogP contribution is 2.38. The first kappa shape index (κ1) is 9.20. The normalized spacial score (nSPS) is 35.2. The van der Waals surface area contributed by atoms with Crippen LogP contribution in [0.5, 0.6) is 0 Å². The third-order valence-electron chi connectivity index (χ3n) is 3.76. The Bertz CT molecular complexity index is 214. The second kappa shape index (κ2) is 3.41. The molecule has 74 valence electrons. The van der Waals surface area contributed by atoms with Gasteiger partial charge in [-0.1, -0.05) is 6.92 Å². The minimum absolute atomic E-state index is 0.181. The maximum absolute atomic E-state index is 11.5. The van der Waals surface area contributed by atoms with Crippen molar-refractivity contribution in [2.45, 2.75) is 51.6 Å². The van der Waals surface area contributed by atoms with Gasteiger partial charge in [-0.15, -0.1) is 0 Å². The lowest BCUT2D eigenvalue weighted by Crippen LogP contribution is -2.43. The number of hydrogen-bond acceptors (Lipinski definition) is 2. The van der Waals surface area contributed by atoms with E-state index in [1.54, 1.807) is 0 Å². The third kappa shape index (κ3) is 1.52. The Kier molecular flexibility index (Phi) is 2.41. The van der Waals surface area contributed by atoms with Crippen molar-refractivity contribution < 1.29 is 4.79 Å². The fraction of sp³-hybridized carbons (Fsp3) is 0.909. The molecule has 2 nitrogen and oxygen atoms in total. The van der Waals surface area contributed by atoms with Crippen LogP contribution < -0.4 is 0 Å². The molecule has 1 aliphatic heterocycles. The highest BCUT2D eigenvalue weighted by molar-refractivity contribution is 5.83. The molecule has 3 atom stereocenters. The zero-order valence-electron chi connectivity index (χ0n) is 8.62. The Labute approximate surface area is 80.3 Å². The molecule has 1 saturated carbocycles. The maximum Gasteiger partial charge on any atom is 0.149 e. The Morgan fingerprint density at radius 1 is 1.54 bits per heavy atom. The summed E-state index contributed by atoms with van der Waals surface area (Å²) in [6.45, 7) is 5.22. The lowest BCUT2D eigenvalue weighted by molar-refractivity contribution is -0.124. The second-order valence-electron chi connectivity index (χ2n) is 4.53. The van der Waals surface area contributed by atoms with Gasteiger partial charge in [0.15, 0.2) is 0 Å². The number of likely N-dealkylation sites (tertiary alicyclic amines) is 1. The maximum atomic E-state index is 11.5. The number of hydrogen-bond donors (Lipinski definition) is 0. The molecule has 0 aromatic rings. The molecule has 0 aromatic heterocycles. The van der Waals surface area contributed by atoms with Crippen molar-refractivity contribution >= 4 is 5.78 Å². The van der Waals surface area contributed by atoms with E-state index >= 15 is 0 Å². The van der Waals surface area contributed by atoms with E-state index in [1.165, 1.54) is 25.8 Å². The fourth-order valence-electron chi connectivity index (χ4n) is 2.92. The summed E-state index contributed by atoms with van der Waals surface area (Å²) in [6.07, 6.45) is 4.76. The minimum atomic E-state index is 0.181. The van der Waals surface area contributed by atoms with Crippen molar-refractivity contribution in [1.29, 1.82) is 0 Å². The van der Waals surface area contributed by atoms with Crippen molar-refractivity contribution in [1.82, 2.24) is 4.90 Å². The number of carbonyl (C=O) groups is 1. The molecule has 2 aliphatic rings. The Balaban J connectivity index is 1.98. The summed E-state index contributed by atoms with van der Waals surface area (Å²) in [5.74, 6) is 1.31. The van der Waals surface area contributed by atoms with Crippen LogP contribution >= 0.6 is 0 Å². The molecule has 1 aliphatic carbocycles. The van der Waals surface area contributed by atoms with Gasteiger partial charge in [-0.25, -0.2) is 0 Å². The van der Waals surface area contributed by atoms with Crippen LogP contribution in [0.2, 0.25) is 0 Å². The second-order valence-corrected chi connectivity index (χ2v) is 4.53.